The molecular formula is C19H33BN2O7. The minimum absolute atomic E-state index is 0.102. The first-order valence-corrected chi connectivity index (χ1v) is 10.3. The Kier molecular flexibility index (Phi) is 7.93. The third-order valence-electron chi connectivity index (χ3n) is 5.45. The van der Waals surface area contributed by atoms with E-state index in [1.807, 2.05) is 0 Å². The lowest BCUT2D eigenvalue weighted by Crippen LogP contribution is -2.57. The number of carbonyl (C=O) groups is 3. The van der Waals surface area contributed by atoms with Crippen molar-refractivity contribution in [1.29, 1.82) is 0 Å². The Balaban J connectivity index is 2.13. The monoisotopic (exact) mass is 412 g/mol. The summed E-state index contributed by atoms with van der Waals surface area (Å²) in [4.78, 5) is 40.5. The van der Waals surface area contributed by atoms with Gasteiger partial charge in [-0.25, -0.2) is 4.79 Å². The van der Waals surface area contributed by atoms with Crippen molar-refractivity contribution in [3.63, 3.8) is 0 Å². The van der Waals surface area contributed by atoms with Crippen molar-refractivity contribution >= 4 is 25.1 Å². The molecule has 0 aromatic carbocycles. The van der Waals surface area contributed by atoms with Crippen molar-refractivity contribution in [3.8, 4) is 0 Å². The van der Waals surface area contributed by atoms with E-state index in [2.05, 4.69) is 0 Å². The fourth-order valence-electron chi connectivity index (χ4n) is 4.09. The maximum Gasteiger partial charge on any atom is 0.451 e. The number of hydrogen-bond acceptors (Lipinski definition) is 6. The van der Waals surface area contributed by atoms with Crippen LogP contribution < -0.4 is 0 Å². The molecule has 2 aliphatic rings. The molecule has 2 rings (SSSR count). The van der Waals surface area contributed by atoms with Crippen LogP contribution in [0.15, 0.2) is 0 Å². The van der Waals surface area contributed by atoms with Gasteiger partial charge in [-0.1, -0.05) is 6.42 Å². The zero-order chi connectivity index (χ0) is 21.8. The molecule has 164 valence electrons. The van der Waals surface area contributed by atoms with Gasteiger partial charge >= 0.3 is 19.2 Å². The topological polar surface area (TPSA) is 128 Å². The second-order valence-corrected chi connectivity index (χ2v) is 9.12. The highest BCUT2D eigenvalue weighted by molar-refractivity contribution is 6.40. The molecule has 0 aliphatic carbocycles. The summed E-state index contributed by atoms with van der Waals surface area (Å²) < 4.78 is 5.46. The number of rotatable bonds is 5. The van der Waals surface area contributed by atoms with Crippen molar-refractivity contribution in [2.24, 2.45) is 11.8 Å². The molecule has 2 heterocycles. The third-order valence-corrected chi connectivity index (χ3v) is 5.45. The van der Waals surface area contributed by atoms with Crippen LogP contribution >= 0.6 is 0 Å². The standard InChI is InChI=1S/C19H33BN2O7/c1-19(2,3)29-18(26)22-9-5-4-6-15(22)16(23)21-11-13(7-8-20(27)28)10-14(12-21)17(24)25/h13-15,27-28H,4-12H2,1-3H3,(H,24,25)/t13-,14-,15?/m0/s1. The number of hydrogen-bond donors (Lipinski definition) is 3. The van der Waals surface area contributed by atoms with Gasteiger partial charge in [0.25, 0.3) is 0 Å². The van der Waals surface area contributed by atoms with E-state index < -0.39 is 36.7 Å². The Labute approximate surface area is 172 Å². The summed E-state index contributed by atoms with van der Waals surface area (Å²) in [6.45, 7) is 6.20. The largest absolute Gasteiger partial charge is 0.481 e. The first-order valence-electron chi connectivity index (χ1n) is 10.3. The number of carbonyl (C=O) groups excluding carboxylic acids is 2. The summed E-state index contributed by atoms with van der Waals surface area (Å²) in [6.07, 6.45) is 2.54. The summed E-state index contributed by atoms with van der Waals surface area (Å²) in [5.74, 6) is -2.05. The van der Waals surface area contributed by atoms with E-state index in [-0.39, 0.29) is 24.7 Å². The van der Waals surface area contributed by atoms with Crippen LogP contribution in [0.25, 0.3) is 0 Å². The summed E-state index contributed by atoms with van der Waals surface area (Å²) in [7, 11) is -1.45. The number of carboxylic acids is 1. The lowest BCUT2D eigenvalue weighted by Gasteiger charge is -2.42. The minimum Gasteiger partial charge on any atom is -0.481 e. The molecule has 3 atom stereocenters. The number of piperidine rings is 2. The molecule has 10 heteroatoms. The van der Waals surface area contributed by atoms with Crippen molar-refractivity contribution in [3.05, 3.63) is 0 Å². The second-order valence-electron chi connectivity index (χ2n) is 9.12. The molecule has 2 saturated heterocycles. The van der Waals surface area contributed by atoms with E-state index in [1.54, 1.807) is 20.8 Å². The van der Waals surface area contributed by atoms with E-state index in [0.29, 0.717) is 32.4 Å². The van der Waals surface area contributed by atoms with E-state index in [4.69, 9.17) is 14.8 Å². The Hall–Kier alpha value is -1.81. The highest BCUT2D eigenvalue weighted by Crippen LogP contribution is 2.29. The lowest BCUT2D eigenvalue weighted by atomic mass is 9.77. The van der Waals surface area contributed by atoms with Crippen molar-refractivity contribution < 1.29 is 34.3 Å². The SMILES string of the molecule is CC(C)(C)OC(=O)N1CCCCC1C(=O)N1C[C@@H](CCB(O)O)C[C@H](C(=O)O)C1. The van der Waals surface area contributed by atoms with Gasteiger partial charge in [-0.05, 0) is 58.7 Å². The number of carboxylic acid groups (broad SMARTS) is 1. The number of nitrogens with zero attached hydrogens (tertiary/aromatic N) is 2. The molecule has 2 fully saturated rings. The van der Waals surface area contributed by atoms with E-state index in [0.717, 1.165) is 12.8 Å². The van der Waals surface area contributed by atoms with Gasteiger partial charge in [0.05, 0.1) is 5.92 Å². The number of aliphatic carboxylic acids is 1. The molecule has 0 radical (unpaired) electrons. The molecule has 0 saturated carbocycles. The van der Waals surface area contributed by atoms with Gasteiger partial charge in [-0.2, -0.15) is 0 Å². The maximum atomic E-state index is 13.3. The molecule has 1 unspecified atom stereocenters. The molecule has 2 aliphatic heterocycles. The molecule has 0 aromatic rings. The molecule has 0 aromatic heterocycles. The first-order chi connectivity index (χ1) is 13.5. The fraction of sp³-hybridized carbons (Fsp3) is 0.842. The quantitative estimate of drug-likeness (QED) is 0.579. The Morgan fingerprint density at radius 2 is 1.83 bits per heavy atom. The van der Waals surface area contributed by atoms with Crippen molar-refractivity contribution in [2.75, 3.05) is 19.6 Å². The predicted molar refractivity (Wildman–Crippen MR) is 106 cm³/mol. The summed E-state index contributed by atoms with van der Waals surface area (Å²) in [5.41, 5.74) is -0.669. The minimum atomic E-state index is -1.45. The van der Waals surface area contributed by atoms with Gasteiger partial charge in [0.15, 0.2) is 0 Å². The van der Waals surface area contributed by atoms with Crippen LogP contribution in [-0.4, -0.2) is 81.3 Å². The fourth-order valence-corrected chi connectivity index (χ4v) is 4.09. The summed E-state index contributed by atoms with van der Waals surface area (Å²) >= 11 is 0. The van der Waals surface area contributed by atoms with Crippen LogP contribution in [0, 0.1) is 11.8 Å². The molecule has 9 nitrogen and oxygen atoms in total. The number of ether oxygens (including phenoxy) is 1. The number of amides is 2. The Morgan fingerprint density at radius 3 is 2.41 bits per heavy atom. The van der Waals surface area contributed by atoms with Gasteiger partial charge in [0.1, 0.15) is 11.6 Å². The molecular weight excluding hydrogens is 379 g/mol. The van der Waals surface area contributed by atoms with Crippen LogP contribution in [0.5, 0.6) is 0 Å². The van der Waals surface area contributed by atoms with E-state index >= 15 is 0 Å². The van der Waals surface area contributed by atoms with Crippen LogP contribution in [-0.2, 0) is 14.3 Å². The highest BCUT2D eigenvalue weighted by atomic mass is 16.6. The first kappa shape index (κ1) is 23.5. The second kappa shape index (κ2) is 9.80. The van der Waals surface area contributed by atoms with Crippen LogP contribution in [0.3, 0.4) is 0 Å². The van der Waals surface area contributed by atoms with Crippen LogP contribution in [0.4, 0.5) is 4.79 Å². The van der Waals surface area contributed by atoms with Gasteiger partial charge in [-0.15, -0.1) is 0 Å². The molecule has 0 spiro atoms. The zero-order valence-corrected chi connectivity index (χ0v) is 17.5. The van der Waals surface area contributed by atoms with E-state index in [1.165, 1.54) is 9.80 Å². The van der Waals surface area contributed by atoms with Gasteiger partial charge in [0, 0.05) is 19.6 Å². The van der Waals surface area contributed by atoms with Gasteiger partial charge in [-0.3, -0.25) is 14.5 Å². The van der Waals surface area contributed by atoms with E-state index in [9.17, 15) is 19.5 Å². The molecule has 2 amide bonds. The summed E-state index contributed by atoms with van der Waals surface area (Å²) in [5, 5.41) is 27.7. The molecule has 0 bridgehead atoms. The van der Waals surface area contributed by atoms with Crippen LogP contribution in [0.2, 0.25) is 6.32 Å². The van der Waals surface area contributed by atoms with Crippen molar-refractivity contribution in [1.82, 2.24) is 9.80 Å². The Morgan fingerprint density at radius 1 is 1.14 bits per heavy atom. The lowest BCUT2D eigenvalue weighted by molar-refractivity contribution is -0.149. The Bertz CT molecular complexity index is 608. The predicted octanol–water partition coefficient (Wildman–Crippen LogP) is 1.19. The smallest absolute Gasteiger partial charge is 0.451 e. The number of likely N-dealkylation sites (tertiary alicyclic amines) is 2. The molecule has 29 heavy (non-hydrogen) atoms. The summed E-state index contributed by atoms with van der Waals surface area (Å²) in [6, 6.07) is -0.657. The highest BCUT2D eigenvalue weighted by Gasteiger charge is 2.41. The van der Waals surface area contributed by atoms with Gasteiger partial charge < -0.3 is 24.8 Å². The average Bonchev–Trinajstić information content (AvgIpc) is 2.64. The normalized spacial score (nSPS) is 25.5. The molecule has 3 N–H and O–H groups in total. The zero-order valence-electron chi connectivity index (χ0n) is 17.5. The van der Waals surface area contributed by atoms with Crippen molar-refractivity contribution in [2.45, 2.75) is 70.8 Å². The third kappa shape index (κ3) is 6.88. The van der Waals surface area contributed by atoms with Gasteiger partial charge in [0.2, 0.25) is 5.91 Å². The average molecular weight is 412 g/mol. The maximum absolute atomic E-state index is 13.3. The van der Waals surface area contributed by atoms with Crippen LogP contribution in [0.1, 0.15) is 52.9 Å².